The third-order valence-corrected chi connectivity index (χ3v) is 6.28. The van der Waals surface area contributed by atoms with Crippen LogP contribution in [-0.2, 0) is 44.8 Å². The van der Waals surface area contributed by atoms with Gasteiger partial charge in [0.15, 0.2) is 0 Å². The Morgan fingerprint density at radius 1 is 0.895 bits per heavy atom. The van der Waals surface area contributed by atoms with Crippen molar-refractivity contribution in [2.24, 2.45) is 5.73 Å². The van der Waals surface area contributed by atoms with Gasteiger partial charge in [-0.3, -0.25) is 28.9 Å². The van der Waals surface area contributed by atoms with Crippen molar-refractivity contribution in [1.82, 2.24) is 20.9 Å². The van der Waals surface area contributed by atoms with Crippen molar-refractivity contribution < 1.29 is 47.4 Å². The highest BCUT2D eigenvalue weighted by Crippen LogP contribution is 2.18. The second-order valence-corrected chi connectivity index (χ2v) is 11.0. The van der Waals surface area contributed by atoms with E-state index in [-0.39, 0.29) is 43.5 Å². The maximum atomic E-state index is 12.7. The average molecular weight is 821 g/mol. The van der Waals surface area contributed by atoms with Crippen LogP contribution in [0.15, 0.2) is 24.3 Å². The lowest BCUT2D eigenvalue weighted by Crippen LogP contribution is -2.41. The van der Waals surface area contributed by atoms with Crippen LogP contribution in [0.4, 0.5) is 14.9 Å². The molecule has 0 saturated carbocycles. The number of nitrogens with two attached hydrogens (primary N) is 1. The number of likely N-dealkylation sites (N-methyl/N-ethyl adjacent to an activating group) is 1. The summed E-state index contributed by atoms with van der Waals surface area (Å²) in [7, 11) is 1.83. The van der Waals surface area contributed by atoms with E-state index in [1.807, 2.05) is 81.2 Å². The number of hydrogen-bond donors (Lipinski definition) is 5. The van der Waals surface area contributed by atoms with Crippen molar-refractivity contribution >= 4 is 42.9 Å². The molecule has 2 rings (SSSR count). The number of halogens is 1. The van der Waals surface area contributed by atoms with Gasteiger partial charge < -0.3 is 41.2 Å². The van der Waals surface area contributed by atoms with Gasteiger partial charge in [0, 0.05) is 43.9 Å². The Morgan fingerprint density at radius 3 is 1.91 bits per heavy atom. The van der Waals surface area contributed by atoms with Gasteiger partial charge in [0.05, 0.1) is 13.2 Å². The van der Waals surface area contributed by atoms with Crippen LogP contribution in [0.25, 0.3) is 0 Å². The first-order valence-electron chi connectivity index (χ1n) is 20.4. The number of likely N-dealkylation sites (tertiary alicyclic amines) is 1. The molecular formula is C41H81FN6O9. The molecule has 0 aromatic heterocycles. The van der Waals surface area contributed by atoms with E-state index in [1.165, 1.54) is 6.42 Å². The number of amides is 5. The predicted molar refractivity (Wildman–Crippen MR) is 229 cm³/mol. The minimum Gasteiger partial charge on any atom is -0.466 e. The van der Waals surface area contributed by atoms with Gasteiger partial charge in [-0.25, -0.2) is 9.18 Å². The molecule has 15 nitrogen and oxygen atoms in total. The van der Waals surface area contributed by atoms with Crippen LogP contribution in [0.2, 0.25) is 0 Å². The molecule has 0 radical (unpaired) electrons. The Bertz CT molecular complexity index is 1040. The van der Waals surface area contributed by atoms with Crippen molar-refractivity contribution in [2.75, 3.05) is 51.8 Å². The standard InChI is InChI=1S/C14H28N4O4.C9H9NO3.C7H12FNO2.C3H8.4C2H6/c1-3-8-22-9-6-12(19)17-10-13(20)18-11(2)5-4-7-16-14(15)21;11-6-10-9-3-1-8(2-4-9)5-13-7-12;1-9-3-6(8)2-7(9)4-11-5-10;1-3-2;4*1-2/h11H,3-10H2,1-2H3,(H,17,19)(H,18,20)(H3,15,16,21);1-4,6-7H,5H2,(H,10,11);5-7H,2-4H2,1H3;3H2,1-2H3;4*1-2H3. The number of anilines is 1. The number of alkyl halides is 1. The number of carbonyl (C=O) groups excluding carboxylic acids is 6. The van der Waals surface area contributed by atoms with Gasteiger partial charge in [-0.2, -0.15) is 0 Å². The van der Waals surface area contributed by atoms with E-state index in [0.29, 0.717) is 77.2 Å². The number of urea groups is 1. The molecule has 6 N–H and O–H groups in total. The van der Waals surface area contributed by atoms with Gasteiger partial charge in [0.1, 0.15) is 19.4 Å². The Labute approximate surface area is 344 Å². The van der Waals surface area contributed by atoms with Crippen LogP contribution in [0, 0.1) is 0 Å². The summed E-state index contributed by atoms with van der Waals surface area (Å²) < 4.78 is 27.0. The number of benzene rings is 1. The Balaban J connectivity index is -0.000000159. The lowest BCUT2D eigenvalue weighted by molar-refractivity contribution is -0.130. The topological polar surface area (TPSA) is 207 Å². The van der Waals surface area contributed by atoms with Gasteiger partial charge in [0.2, 0.25) is 18.2 Å². The molecule has 1 saturated heterocycles. The highest BCUT2D eigenvalue weighted by molar-refractivity contribution is 5.84. The van der Waals surface area contributed by atoms with E-state index in [1.54, 1.807) is 24.3 Å². The highest BCUT2D eigenvalue weighted by atomic mass is 19.1. The molecule has 1 aliphatic heterocycles. The van der Waals surface area contributed by atoms with Gasteiger partial charge in [-0.05, 0) is 57.4 Å². The summed E-state index contributed by atoms with van der Waals surface area (Å²) in [6.07, 6.45) is 4.16. The number of carbonyl (C=O) groups is 6. The lowest BCUT2D eigenvalue weighted by Gasteiger charge is -2.16. The minimum absolute atomic E-state index is 0.0352. The zero-order valence-electron chi connectivity index (χ0n) is 37.5. The zero-order chi connectivity index (χ0) is 45.3. The predicted octanol–water partition coefficient (Wildman–Crippen LogP) is 6.52. The van der Waals surface area contributed by atoms with Crippen molar-refractivity contribution in [3.05, 3.63) is 29.8 Å². The van der Waals surface area contributed by atoms with Crippen molar-refractivity contribution in [3.8, 4) is 0 Å². The smallest absolute Gasteiger partial charge is 0.312 e. The lowest BCUT2D eigenvalue weighted by atomic mass is 10.2. The number of hydrogen-bond acceptors (Lipinski definition) is 10. The van der Waals surface area contributed by atoms with E-state index in [9.17, 15) is 33.2 Å². The summed E-state index contributed by atoms with van der Waals surface area (Å²) in [4.78, 5) is 65.2. The Kier molecular flexibility index (Phi) is 60.9. The maximum Gasteiger partial charge on any atom is 0.312 e. The molecule has 3 atom stereocenters. The van der Waals surface area contributed by atoms with Crippen molar-refractivity contribution in [3.63, 3.8) is 0 Å². The Morgan fingerprint density at radius 2 is 1.46 bits per heavy atom. The first kappa shape index (κ1) is 64.6. The molecule has 16 heteroatoms. The second kappa shape index (κ2) is 53.8. The molecule has 1 fully saturated rings. The molecule has 1 heterocycles. The van der Waals surface area contributed by atoms with Gasteiger partial charge >= 0.3 is 6.03 Å². The van der Waals surface area contributed by atoms with Crippen LogP contribution in [0.1, 0.15) is 127 Å². The molecule has 1 aliphatic rings. The molecular weight excluding hydrogens is 739 g/mol. The van der Waals surface area contributed by atoms with E-state index in [4.69, 9.17) is 10.5 Å². The molecule has 5 amide bonds. The largest absolute Gasteiger partial charge is 0.466 e. The average Bonchev–Trinajstić information content (AvgIpc) is 3.55. The van der Waals surface area contributed by atoms with Crippen LogP contribution < -0.4 is 27.0 Å². The molecule has 1 aromatic carbocycles. The number of ether oxygens (including phenoxy) is 3. The summed E-state index contributed by atoms with van der Waals surface area (Å²) in [6, 6.07) is 6.49. The molecule has 0 spiro atoms. The first-order chi connectivity index (χ1) is 27.5. The van der Waals surface area contributed by atoms with Crippen molar-refractivity contribution in [1.29, 1.82) is 0 Å². The number of nitrogens with zero attached hydrogens (tertiary/aromatic N) is 1. The Hall–Kier alpha value is -4.31. The summed E-state index contributed by atoms with van der Waals surface area (Å²) >= 11 is 0. The zero-order valence-corrected chi connectivity index (χ0v) is 37.5. The normalized spacial score (nSPS) is 13.4. The monoisotopic (exact) mass is 821 g/mol. The van der Waals surface area contributed by atoms with E-state index in [2.05, 4.69) is 44.6 Å². The fourth-order valence-electron chi connectivity index (χ4n) is 3.95. The van der Waals surface area contributed by atoms with E-state index < -0.39 is 12.2 Å². The van der Waals surface area contributed by atoms with Crippen LogP contribution >= 0.6 is 0 Å². The number of primary amides is 1. The second-order valence-electron chi connectivity index (χ2n) is 11.0. The highest BCUT2D eigenvalue weighted by Gasteiger charge is 2.29. The summed E-state index contributed by atoms with van der Waals surface area (Å²) in [5.74, 6) is -0.442. The third kappa shape index (κ3) is 49.7. The van der Waals surface area contributed by atoms with E-state index >= 15 is 0 Å². The van der Waals surface area contributed by atoms with Gasteiger partial charge in [-0.15, -0.1) is 0 Å². The summed E-state index contributed by atoms with van der Waals surface area (Å²) in [5, 5.41) is 10.3. The molecule has 1 aromatic rings. The fraction of sp³-hybridized carbons (Fsp3) is 0.707. The van der Waals surface area contributed by atoms with Gasteiger partial charge in [0.25, 0.3) is 12.9 Å². The third-order valence-electron chi connectivity index (χ3n) is 6.28. The van der Waals surface area contributed by atoms with Crippen LogP contribution in [0.5, 0.6) is 0 Å². The van der Waals surface area contributed by atoms with Crippen LogP contribution in [0.3, 0.4) is 0 Å². The van der Waals surface area contributed by atoms with E-state index in [0.717, 1.165) is 12.0 Å². The fourth-order valence-corrected chi connectivity index (χ4v) is 3.95. The molecule has 0 bridgehead atoms. The maximum absolute atomic E-state index is 12.7. The number of rotatable bonds is 20. The molecule has 57 heavy (non-hydrogen) atoms. The quantitative estimate of drug-likeness (QED) is 0.0711. The summed E-state index contributed by atoms with van der Waals surface area (Å²) in [5.41, 5.74) is 6.53. The number of nitrogens with one attached hydrogen (secondary N) is 4. The minimum atomic E-state index is -0.764. The summed E-state index contributed by atoms with van der Waals surface area (Å²) in [6.45, 7) is 27.4. The molecule has 0 aliphatic carbocycles. The SMILES string of the molecule is CC.CC.CC.CC.CCC.CCCOCCC(=O)NCC(=O)NC(C)CCCNC(N)=O.CN1CC(F)CC1COC=O.O=CNc1ccc(COC=O)cc1. The molecule has 336 valence electrons. The molecule has 3 unspecified atom stereocenters. The first-order valence-corrected chi connectivity index (χ1v) is 20.4. The van der Waals surface area contributed by atoms with Gasteiger partial charge in [-0.1, -0.05) is 94.7 Å². The van der Waals surface area contributed by atoms with Crippen LogP contribution in [-0.4, -0.2) is 107 Å². The van der Waals surface area contributed by atoms with Crippen molar-refractivity contribution in [2.45, 2.75) is 146 Å².